The predicted molar refractivity (Wildman–Crippen MR) is 73.7 cm³/mol. The van der Waals surface area contributed by atoms with Gasteiger partial charge in [-0.3, -0.25) is 0 Å². The summed E-state index contributed by atoms with van der Waals surface area (Å²) in [6, 6.07) is 15.0. The first-order chi connectivity index (χ1) is 8.86. The summed E-state index contributed by atoms with van der Waals surface area (Å²) in [5.41, 5.74) is 3.71. The molecule has 2 heterocycles. The second kappa shape index (κ2) is 4.49. The van der Waals surface area contributed by atoms with Gasteiger partial charge in [0.2, 0.25) is 0 Å². The molecular weight excluding hydrogens is 347 g/mol. The van der Waals surface area contributed by atoms with Gasteiger partial charge in [-0.1, -0.05) is 36.4 Å². The zero-order valence-corrected chi connectivity index (χ0v) is 12.7. The van der Waals surface area contributed by atoms with Gasteiger partial charge in [-0.05, 0) is 18.6 Å². The Morgan fingerprint density at radius 1 is 0.947 bits per heavy atom. The maximum atomic E-state index is 3.36. The van der Waals surface area contributed by atoms with Crippen molar-refractivity contribution in [3.8, 4) is 0 Å². The van der Waals surface area contributed by atoms with Crippen molar-refractivity contribution in [2.24, 2.45) is 0 Å². The number of aromatic amines is 1. The van der Waals surface area contributed by atoms with Crippen molar-refractivity contribution < 1.29 is 29.0 Å². The molecule has 0 aliphatic heterocycles. The van der Waals surface area contributed by atoms with E-state index in [4.69, 9.17) is 0 Å². The van der Waals surface area contributed by atoms with E-state index in [0.717, 1.165) is 0 Å². The Morgan fingerprint density at radius 2 is 1.74 bits per heavy atom. The fourth-order valence-electron chi connectivity index (χ4n) is 2.85. The molecule has 0 amide bonds. The number of para-hydroxylation sites is 1. The molecule has 0 spiro atoms. The molecule has 94 valence electrons. The Labute approximate surface area is 128 Å². The number of halogens is 1. The topological polar surface area (TPSA) is 18.6 Å². The van der Waals surface area contributed by atoms with E-state index in [0.29, 0.717) is 0 Å². The largest absolute Gasteiger partial charge is 1.00 e. The van der Waals surface area contributed by atoms with Gasteiger partial charge < -0.3 is 24.0 Å². The molecule has 0 bridgehead atoms. The van der Waals surface area contributed by atoms with Crippen LogP contribution >= 0.6 is 0 Å². The highest BCUT2D eigenvalue weighted by Crippen LogP contribution is 2.29. The van der Waals surface area contributed by atoms with Gasteiger partial charge in [0.25, 0.3) is 5.65 Å². The predicted octanol–water partition coefficient (Wildman–Crippen LogP) is 0.372. The van der Waals surface area contributed by atoms with E-state index in [-0.39, 0.29) is 24.0 Å². The van der Waals surface area contributed by atoms with Crippen LogP contribution in [0.25, 0.3) is 27.3 Å². The first kappa shape index (κ1) is 12.4. The van der Waals surface area contributed by atoms with Crippen LogP contribution in [-0.2, 0) is 0 Å². The molecule has 0 radical (unpaired) electrons. The maximum absolute atomic E-state index is 3.36. The molecule has 0 atom stereocenters. The van der Waals surface area contributed by atoms with Crippen molar-refractivity contribution in [1.82, 2.24) is 4.40 Å². The summed E-state index contributed by atoms with van der Waals surface area (Å²) in [7, 11) is 0. The quantitative estimate of drug-likeness (QED) is 0.319. The van der Waals surface area contributed by atoms with Gasteiger partial charge in [-0.2, -0.15) is 4.40 Å². The fourth-order valence-corrected chi connectivity index (χ4v) is 2.85. The summed E-state index contributed by atoms with van der Waals surface area (Å²) in [6.07, 6.45) is 4.08. The van der Waals surface area contributed by atoms with Crippen LogP contribution in [0.3, 0.4) is 0 Å². The number of benzene rings is 2. The highest BCUT2D eigenvalue weighted by Gasteiger charge is 2.15. The van der Waals surface area contributed by atoms with Crippen LogP contribution in [0, 0.1) is 6.92 Å². The molecule has 0 unspecified atom stereocenters. The number of imidazole rings is 1. The number of aromatic nitrogens is 2. The molecule has 19 heavy (non-hydrogen) atoms. The van der Waals surface area contributed by atoms with E-state index in [1.54, 1.807) is 0 Å². The first-order valence-corrected chi connectivity index (χ1v) is 6.15. The first-order valence-electron chi connectivity index (χ1n) is 6.15. The molecule has 0 aliphatic rings. The van der Waals surface area contributed by atoms with Crippen molar-refractivity contribution in [1.29, 1.82) is 0 Å². The molecule has 4 aromatic rings. The van der Waals surface area contributed by atoms with Crippen LogP contribution in [0.15, 0.2) is 54.9 Å². The summed E-state index contributed by atoms with van der Waals surface area (Å²) in [5, 5.41) is 3.92. The molecule has 0 saturated heterocycles. The van der Waals surface area contributed by atoms with E-state index in [9.17, 15) is 0 Å². The number of H-pyrrole nitrogens is 1. The molecule has 0 aliphatic carbocycles. The monoisotopic (exact) mass is 360 g/mol. The van der Waals surface area contributed by atoms with Crippen molar-refractivity contribution in [3.63, 3.8) is 0 Å². The van der Waals surface area contributed by atoms with Crippen molar-refractivity contribution in [2.45, 2.75) is 6.92 Å². The molecule has 2 aromatic carbocycles. The summed E-state index contributed by atoms with van der Waals surface area (Å²) < 4.78 is 2.23. The van der Waals surface area contributed by atoms with E-state index >= 15 is 0 Å². The van der Waals surface area contributed by atoms with Gasteiger partial charge in [-0.25, -0.2) is 4.98 Å². The smallest absolute Gasteiger partial charge is 0.292 e. The number of pyridine rings is 1. The molecule has 0 saturated carbocycles. The number of hydrogen-bond acceptors (Lipinski definition) is 0. The van der Waals surface area contributed by atoms with Crippen LogP contribution in [0.5, 0.6) is 0 Å². The van der Waals surface area contributed by atoms with Crippen molar-refractivity contribution in [3.05, 3.63) is 60.4 Å². The van der Waals surface area contributed by atoms with Crippen molar-refractivity contribution >= 4 is 27.3 Å². The second-order valence-electron chi connectivity index (χ2n) is 4.69. The van der Waals surface area contributed by atoms with Gasteiger partial charge in [-0.15, -0.1) is 0 Å². The number of nitrogens with one attached hydrogen (secondary N) is 1. The molecule has 2 nitrogen and oxygen atoms in total. The van der Waals surface area contributed by atoms with E-state index < -0.39 is 0 Å². The van der Waals surface area contributed by atoms with Crippen LogP contribution < -0.4 is 29.0 Å². The lowest BCUT2D eigenvalue weighted by atomic mass is 10.0. The minimum absolute atomic E-state index is 0. The van der Waals surface area contributed by atoms with E-state index in [1.807, 2.05) is 6.20 Å². The number of rotatable bonds is 0. The summed E-state index contributed by atoms with van der Waals surface area (Å²) in [6.45, 7) is 2.16. The highest BCUT2D eigenvalue weighted by atomic mass is 127. The number of fused-ring (bicyclic) bond motifs is 6. The Balaban J connectivity index is 0.00000110. The third-order valence-electron chi connectivity index (χ3n) is 3.65. The average molecular weight is 360 g/mol. The maximum Gasteiger partial charge on any atom is 0.292 e. The van der Waals surface area contributed by atoms with E-state index in [1.165, 1.54) is 32.9 Å². The van der Waals surface area contributed by atoms with Gasteiger partial charge in [0, 0.05) is 10.8 Å². The fraction of sp³-hybridized carbons (Fsp3) is 0.0625. The van der Waals surface area contributed by atoms with Gasteiger partial charge >= 0.3 is 0 Å². The lowest BCUT2D eigenvalue weighted by molar-refractivity contribution is -0.342. The number of aryl methyl sites for hydroxylation is 1. The van der Waals surface area contributed by atoms with Crippen LogP contribution in [-0.4, -0.2) is 4.40 Å². The summed E-state index contributed by atoms with van der Waals surface area (Å²) in [4.78, 5) is 3.36. The van der Waals surface area contributed by atoms with Crippen LogP contribution in [0.4, 0.5) is 0 Å². The minimum Gasteiger partial charge on any atom is -1.00 e. The summed E-state index contributed by atoms with van der Waals surface area (Å²) in [5.74, 6) is 0. The second-order valence-corrected chi connectivity index (χ2v) is 4.69. The average Bonchev–Trinajstić information content (AvgIpc) is 2.88. The highest BCUT2D eigenvalue weighted by molar-refractivity contribution is 6.12. The molecular formula is C16H13IN2. The molecule has 3 heteroatoms. The Kier molecular flexibility index (Phi) is 2.93. The molecule has 1 N–H and O–H groups in total. The molecule has 4 rings (SSSR count). The third-order valence-corrected chi connectivity index (χ3v) is 3.65. The Bertz CT molecular complexity index is 893. The zero-order valence-electron chi connectivity index (χ0n) is 10.5. The SMILES string of the molecule is Cc1cccc2c3ccccc3n3cc[nH+]c3c12.[I-]. The zero-order chi connectivity index (χ0) is 12.1. The van der Waals surface area contributed by atoms with Crippen LogP contribution in [0.1, 0.15) is 5.56 Å². The Morgan fingerprint density at radius 3 is 2.63 bits per heavy atom. The standard InChI is InChI=1S/C16H12N2.HI/c1-11-5-4-7-13-12-6-2-3-8-14(12)18-10-9-17-16(18)15(11)13;/h2-10H,1H3;1H. The van der Waals surface area contributed by atoms with E-state index in [2.05, 4.69) is 65.0 Å². The molecule has 0 fully saturated rings. The third kappa shape index (κ3) is 1.64. The van der Waals surface area contributed by atoms with Crippen LogP contribution in [0.2, 0.25) is 0 Å². The Hall–Kier alpha value is -1.62. The minimum atomic E-state index is 0. The summed E-state index contributed by atoms with van der Waals surface area (Å²) >= 11 is 0. The van der Waals surface area contributed by atoms with Gasteiger partial charge in [0.05, 0.1) is 5.39 Å². The van der Waals surface area contributed by atoms with Gasteiger partial charge in [0.15, 0.2) is 0 Å². The lowest BCUT2D eigenvalue weighted by Gasteiger charge is -2.05. The number of hydrogen-bond donors (Lipinski definition) is 0. The number of nitrogens with zero attached hydrogens (tertiary/aromatic N) is 1. The normalized spacial score (nSPS) is 11.0. The lowest BCUT2D eigenvalue weighted by Crippen LogP contribution is -3.00. The van der Waals surface area contributed by atoms with Gasteiger partial charge in [0.1, 0.15) is 17.9 Å². The molecule has 2 aromatic heterocycles. The van der Waals surface area contributed by atoms with Crippen molar-refractivity contribution in [2.75, 3.05) is 0 Å².